The normalized spacial score (nSPS) is 10.6. The maximum atomic E-state index is 11.2. The molecule has 1 heterocycles. The number of para-hydroxylation sites is 1. The van der Waals surface area contributed by atoms with Crippen molar-refractivity contribution < 1.29 is 14.6 Å². The lowest BCUT2D eigenvalue weighted by Gasteiger charge is -2.11. The second kappa shape index (κ2) is 6.84. The Balaban J connectivity index is 1.90. The molecule has 5 heteroatoms. The number of hydrogen-bond acceptors (Lipinski definition) is 4. The molecule has 0 aliphatic rings. The molecule has 3 rings (SSSR count). The molecular weight excluding hydrogens is 322 g/mol. The van der Waals surface area contributed by atoms with Gasteiger partial charge in [-0.15, -0.1) is 11.3 Å². The fourth-order valence-corrected chi connectivity index (χ4v) is 3.34. The zero-order chi connectivity index (χ0) is 17.1. The lowest BCUT2D eigenvalue weighted by Crippen LogP contribution is -1.98. The first kappa shape index (κ1) is 16.2. The summed E-state index contributed by atoms with van der Waals surface area (Å²) >= 11 is 1.17. The minimum absolute atomic E-state index is 0.263. The van der Waals surface area contributed by atoms with Crippen LogP contribution in [0.4, 0.5) is 0 Å². The predicted octanol–water partition coefficient (Wildman–Crippen LogP) is 4.70. The van der Waals surface area contributed by atoms with Crippen LogP contribution in [-0.4, -0.2) is 16.1 Å². The van der Waals surface area contributed by atoms with Crippen LogP contribution in [0.5, 0.6) is 5.75 Å². The molecule has 0 amide bonds. The third kappa shape index (κ3) is 3.31. The molecule has 0 saturated heterocycles. The van der Waals surface area contributed by atoms with Gasteiger partial charge in [0.25, 0.3) is 0 Å². The zero-order valence-electron chi connectivity index (χ0n) is 13.4. The number of hydrogen-bond donors (Lipinski definition) is 1. The summed E-state index contributed by atoms with van der Waals surface area (Å²) in [6, 6.07) is 15.6. The Hall–Kier alpha value is -2.66. The van der Waals surface area contributed by atoms with Crippen molar-refractivity contribution in [3.05, 3.63) is 70.2 Å². The molecule has 2 aromatic carbocycles. The topological polar surface area (TPSA) is 59.4 Å². The van der Waals surface area contributed by atoms with Crippen LogP contribution in [0.25, 0.3) is 10.6 Å². The molecule has 0 spiro atoms. The maximum absolute atomic E-state index is 11.2. The van der Waals surface area contributed by atoms with Crippen molar-refractivity contribution in [2.75, 3.05) is 0 Å². The largest absolute Gasteiger partial charge is 0.488 e. The van der Waals surface area contributed by atoms with Gasteiger partial charge in [-0.3, -0.25) is 0 Å². The van der Waals surface area contributed by atoms with E-state index in [0.717, 1.165) is 11.1 Å². The number of carbonyl (C=O) groups is 1. The van der Waals surface area contributed by atoms with Crippen LogP contribution >= 0.6 is 11.3 Å². The van der Waals surface area contributed by atoms with Crippen LogP contribution in [0, 0.1) is 13.8 Å². The Morgan fingerprint density at radius 2 is 1.83 bits per heavy atom. The highest BCUT2D eigenvalue weighted by Gasteiger charge is 2.17. The Kier molecular flexibility index (Phi) is 4.62. The summed E-state index contributed by atoms with van der Waals surface area (Å²) in [5.74, 6) is -0.249. The molecule has 0 radical (unpaired) electrons. The molecule has 0 unspecified atom stereocenters. The molecule has 0 aliphatic carbocycles. The van der Waals surface area contributed by atoms with Gasteiger partial charge < -0.3 is 9.84 Å². The first-order valence-corrected chi connectivity index (χ1v) is 8.35. The van der Waals surface area contributed by atoms with Gasteiger partial charge >= 0.3 is 5.97 Å². The smallest absolute Gasteiger partial charge is 0.347 e. The van der Waals surface area contributed by atoms with Crippen LogP contribution < -0.4 is 4.74 Å². The van der Waals surface area contributed by atoms with Crippen molar-refractivity contribution in [3.63, 3.8) is 0 Å². The van der Waals surface area contributed by atoms with Gasteiger partial charge in [0.15, 0.2) is 0 Å². The van der Waals surface area contributed by atoms with Crippen molar-refractivity contribution in [2.24, 2.45) is 0 Å². The van der Waals surface area contributed by atoms with Crippen LogP contribution in [0.15, 0.2) is 48.5 Å². The van der Waals surface area contributed by atoms with E-state index in [2.05, 4.69) is 4.98 Å². The Labute approximate surface area is 144 Å². The molecule has 3 aromatic rings. The molecule has 1 aromatic heterocycles. The summed E-state index contributed by atoms with van der Waals surface area (Å²) in [5, 5.41) is 9.87. The van der Waals surface area contributed by atoms with Crippen molar-refractivity contribution in [3.8, 4) is 16.3 Å². The average molecular weight is 339 g/mol. The predicted molar refractivity (Wildman–Crippen MR) is 94.8 cm³/mol. The molecule has 0 saturated carbocycles. The average Bonchev–Trinajstić information content (AvgIpc) is 2.96. The summed E-state index contributed by atoms with van der Waals surface area (Å²) in [6.45, 7) is 4.22. The summed E-state index contributed by atoms with van der Waals surface area (Å²) in [5.41, 5.74) is 3.63. The van der Waals surface area contributed by atoms with Crippen LogP contribution in [0.1, 0.15) is 26.5 Å². The molecular formula is C19H17NO3S. The van der Waals surface area contributed by atoms with E-state index in [0.29, 0.717) is 23.1 Å². The molecule has 122 valence electrons. The standard InChI is InChI=1S/C19H17NO3S/c1-12-7-3-4-8-14(12)11-23-16-10-6-5-9-15(16)18-20-13(2)17(24-18)19(21)22/h3-10H,11H2,1-2H3,(H,21,22). The lowest BCUT2D eigenvalue weighted by atomic mass is 10.1. The maximum Gasteiger partial charge on any atom is 0.347 e. The molecule has 0 fully saturated rings. The Morgan fingerprint density at radius 1 is 1.12 bits per heavy atom. The molecule has 0 bridgehead atoms. The van der Waals surface area contributed by atoms with Gasteiger partial charge in [0, 0.05) is 0 Å². The van der Waals surface area contributed by atoms with Gasteiger partial charge in [-0.2, -0.15) is 0 Å². The van der Waals surface area contributed by atoms with Gasteiger partial charge in [0.2, 0.25) is 0 Å². The van der Waals surface area contributed by atoms with E-state index in [-0.39, 0.29) is 4.88 Å². The van der Waals surface area contributed by atoms with Crippen LogP contribution in [0.3, 0.4) is 0 Å². The highest BCUT2D eigenvalue weighted by Crippen LogP contribution is 2.34. The number of rotatable bonds is 5. The number of thiazole rings is 1. The number of benzene rings is 2. The number of aromatic carboxylic acids is 1. The minimum Gasteiger partial charge on any atom is -0.488 e. The molecule has 4 nitrogen and oxygen atoms in total. The van der Waals surface area contributed by atoms with Gasteiger partial charge in [-0.1, -0.05) is 36.4 Å². The fourth-order valence-electron chi connectivity index (χ4n) is 2.41. The molecule has 0 aliphatic heterocycles. The van der Waals surface area contributed by atoms with E-state index in [4.69, 9.17) is 4.74 Å². The number of carboxylic acid groups (broad SMARTS) is 1. The third-order valence-electron chi connectivity index (χ3n) is 3.75. The van der Waals surface area contributed by atoms with Gasteiger partial charge in [-0.25, -0.2) is 9.78 Å². The molecule has 1 N–H and O–H groups in total. The highest BCUT2D eigenvalue weighted by atomic mass is 32.1. The first-order chi connectivity index (χ1) is 11.6. The number of nitrogens with zero attached hydrogens (tertiary/aromatic N) is 1. The van der Waals surface area contributed by atoms with Gasteiger partial charge in [0.1, 0.15) is 22.2 Å². The molecule has 0 atom stereocenters. The van der Waals surface area contributed by atoms with Gasteiger partial charge in [0.05, 0.1) is 11.3 Å². The van der Waals surface area contributed by atoms with Crippen molar-refractivity contribution >= 4 is 17.3 Å². The van der Waals surface area contributed by atoms with Gasteiger partial charge in [-0.05, 0) is 37.1 Å². The zero-order valence-corrected chi connectivity index (χ0v) is 14.3. The third-order valence-corrected chi connectivity index (χ3v) is 4.93. The van der Waals surface area contributed by atoms with E-state index >= 15 is 0 Å². The lowest BCUT2D eigenvalue weighted by molar-refractivity contribution is 0.0701. The van der Waals surface area contributed by atoms with Crippen molar-refractivity contribution in [2.45, 2.75) is 20.5 Å². The quantitative estimate of drug-likeness (QED) is 0.732. The Bertz CT molecular complexity index is 886. The minimum atomic E-state index is -0.949. The summed E-state index contributed by atoms with van der Waals surface area (Å²) in [4.78, 5) is 15.9. The number of aryl methyl sites for hydroxylation is 2. The summed E-state index contributed by atoms with van der Waals surface area (Å²) in [7, 11) is 0. The van der Waals surface area contributed by atoms with Crippen LogP contribution in [-0.2, 0) is 6.61 Å². The first-order valence-electron chi connectivity index (χ1n) is 7.53. The monoisotopic (exact) mass is 339 g/mol. The highest BCUT2D eigenvalue weighted by molar-refractivity contribution is 7.17. The number of ether oxygens (including phenoxy) is 1. The van der Waals surface area contributed by atoms with Crippen LogP contribution in [0.2, 0.25) is 0 Å². The van der Waals surface area contributed by atoms with Crippen molar-refractivity contribution in [1.82, 2.24) is 4.98 Å². The van der Waals surface area contributed by atoms with E-state index < -0.39 is 5.97 Å². The fraction of sp³-hybridized carbons (Fsp3) is 0.158. The second-order valence-electron chi connectivity index (χ2n) is 5.45. The van der Waals surface area contributed by atoms with E-state index in [9.17, 15) is 9.90 Å². The SMILES string of the molecule is Cc1ccccc1COc1ccccc1-c1nc(C)c(C(=O)O)s1. The number of carboxylic acids is 1. The second-order valence-corrected chi connectivity index (χ2v) is 6.45. The van der Waals surface area contributed by atoms with E-state index in [1.807, 2.05) is 55.5 Å². The summed E-state index contributed by atoms with van der Waals surface area (Å²) < 4.78 is 5.99. The van der Waals surface area contributed by atoms with E-state index in [1.165, 1.54) is 16.9 Å². The Morgan fingerprint density at radius 3 is 2.54 bits per heavy atom. The summed E-state index contributed by atoms with van der Waals surface area (Å²) in [6.07, 6.45) is 0. The molecule has 24 heavy (non-hydrogen) atoms. The van der Waals surface area contributed by atoms with E-state index in [1.54, 1.807) is 6.92 Å². The number of aromatic nitrogens is 1. The van der Waals surface area contributed by atoms with Crippen molar-refractivity contribution in [1.29, 1.82) is 0 Å².